The summed E-state index contributed by atoms with van der Waals surface area (Å²) in [6, 6.07) is 1.22. The van der Waals surface area contributed by atoms with Gasteiger partial charge in [0.05, 0.1) is 6.04 Å². The van der Waals surface area contributed by atoms with E-state index in [0.29, 0.717) is 11.5 Å². The molecule has 2 aliphatic rings. The van der Waals surface area contributed by atoms with Crippen molar-refractivity contribution in [1.29, 1.82) is 0 Å². The van der Waals surface area contributed by atoms with Crippen LogP contribution in [0.15, 0.2) is 4.99 Å². The Labute approximate surface area is 97.3 Å². The number of thioether (sulfide) groups is 1. The van der Waals surface area contributed by atoms with Crippen LogP contribution >= 0.6 is 11.8 Å². The first-order valence-corrected chi connectivity index (χ1v) is 7.01. The Morgan fingerprint density at radius 3 is 2.53 bits per heavy atom. The van der Waals surface area contributed by atoms with Gasteiger partial charge in [-0.1, -0.05) is 32.5 Å². The molecular weight excluding hydrogens is 204 g/mol. The Kier molecular flexibility index (Phi) is 3.29. The van der Waals surface area contributed by atoms with Crippen LogP contribution in [0, 0.1) is 5.41 Å². The summed E-state index contributed by atoms with van der Waals surface area (Å²) >= 11 is 1.90. The summed E-state index contributed by atoms with van der Waals surface area (Å²) in [7, 11) is 0. The van der Waals surface area contributed by atoms with Gasteiger partial charge in [-0.2, -0.15) is 0 Å². The van der Waals surface area contributed by atoms with Crippen molar-refractivity contribution in [3.63, 3.8) is 0 Å². The third-order valence-corrected chi connectivity index (χ3v) is 4.27. The Bertz CT molecular complexity index is 251. The summed E-state index contributed by atoms with van der Waals surface area (Å²) in [5, 5.41) is 4.77. The van der Waals surface area contributed by atoms with Gasteiger partial charge in [0, 0.05) is 11.8 Å². The van der Waals surface area contributed by atoms with Crippen LogP contribution in [0.25, 0.3) is 0 Å². The van der Waals surface area contributed by atoms with E-state index in [1.807, 2.05) is 11.8 Å². The Hall–Kier alpha value is -0.180. The van der Waals surface area contributed by atoms with Crippen molar-refractivity contribution in [1.82, 2.24) is 5.32 Å². The molecule has 0 spiro atoms. The van der Waals surface area contributed by atoms with Crippen LogP contribution in [0.2, 0.25) is 0 Å². The quantitative estimate of drug-likeness (QED) is 0.743. The van der Waals surface area contributed by atoms with E-state index in [4.69, 9.17) is 4.99 Å². The molecule has 15 heavy (non-hydrogen) atoms. The molecule has 0 radical (unpaired) electrons. The highest BCUT2D eigenvalue weighted by Crippen LogP contribution is 2.31. The summed E-state index contributed by atoms with van der Waals surface area (Å²) in [5.74, 6) is 1.22. The molecule has 86 valence electrons. The van der Waals surface area contributed by atoms with Crippen LogP contribution in [-0.2, 0) is 0 Å². The highest BCUT2D eigenvalue weighted by atomic mass is 32.2. The Morgan fingerprint density at radius 1 is 1.27 bits per heavy atom. The molecular formula is C12H22N2S. The first-order chi connectivity index (χ1) is 7.05. The summed E-state index contributed by atoms with van der Waals surface area (Å²) < 4.78 is 0. The van der Waals surface area contributed by atoms with Crippen molar-refractivity contribution in [2.24, 2.45) is 10.4 Å². The van der Waals surface area contributed by atoms with Crippen LogP contribution in [0.1, 0.15) is 46.5 Å². The fraction of sp³-hybridized carbons (Fsp3) is 0.917. The molecule has 1 aliphatic heterocycles. The fourth-order valence-corrected chi connectivity index (χ4v) is 2.93. The predicted molar refractivity (Wildman–Crippen MR) is 68.5 cm³/mol. The minimum atomic E-state index is 0.313. The zero-order chi connectivity index (χ0) is 10.9. The lowest BCUT2D eigenvalue weighted by atomic mass is 9.85. The van der Waals surface area contributed by atoms with Crippen molar-refractivity contribution >= 4 is 16.9 Å². The van der Waals surface area contributed by atoms with E-state index in [-0.39, 0.29) is 0 Å². The van der Waals surface area contributed by atoms with E-state index in [2.05, 4.69) is 26.1 Å². The molecule has 0 aromatic heterocycles. The van der Waals surface area contributed by atoms with Crippen LogP contribution in [0.5, 0.6) is 0 Å². The van der Waals surface area contributed by atoms with Gasteiger partial charge < -0.3 is 5.32 Å². The van der Waals surface area contributed by atoms with Gasteiger partial charge in [-0.15, -0.1) is 0 Å². The summed E-state index contributed by atoms with van der Waals surface area (Å²) in [4.78, 5) is 4.84. The van der Waals surface area contributed by atoms with Gasteiger partial charge in [-0.25, -0.2) is 0 Å². The van der Waals surface area contributed by atoms with E-state index in [1.165, 1.54) is 36.6 Å². The second-order valence-electron chi connectivity index (χ2n) is 5.73. The number of nitrogens with one attached hydrogen (secondary N) is 1. The van der Waals surface area contributed by atoms with E-state index < -0.39 is 0 Å². The van der Waals surface area contributed by atoms with Crippen LogP contribution in [-0.4, -0.2) is 23.0 Å². The lowest BCUT2D eigenvalue weighted by Gasteiger charge is -2.34. The minimum absolute atomic E-state index is 0.313. The molecule has 1 aliphatic carbocycles. The van der Waals surface area contributed by atoms with Crippen molar-refractivity contribution in [2.75, 3.05) is 5.75 Å². The molecule has 2 rings (SSSR count). The number of aliphatic imine (C=N–C) groups is 1. The molecule has 3 heteroatoms. The second-order valence-corrected chi connectivity index (χ2v) is 6.81. The molecule has 1 atom stereocenters. The van der Waals surface area contributed by atoms with Gasteiger partial charge >= 0.3 is 0 Å². The highest BCUT2D eigenvalue weighted by Gasteiger charge is 2.28. The third-order valence-electron chi connectivity index (χ3n) is 3.34. The summed E-state index contributed by atoms with van der Waals surface area (Å²) in [6.07, 6.45) is 5.28. The highest BCUT2D eigenvalue weighted by molar-refractivity contribution is 8.13. The average molecular weight is 226 g/mol. The number of hydrogen-bond acceptors (Lipinski definition) is 3. The molecule has 1 saturated carbocycles. The van der Waals surface area contributed by atoms with Crippen molar-refractivity contribution in [3.05, 3.63) is 0 Å². The molecule has 1 fully saturated rings. The van der Waals surface area contributed by atoms with E-state index in [1.54, 1.807) is 0 Å². The van der Waals surface area contributed by atoms with Gasteiger partial charge in [0.2, 0.25) is 0 Å². The summed E-state index contributed by atoms with van der Waals surface area (Å²) in [5.41, 5.74) is 0.313. The molecule has 0 aromatic carbocycles. The maximum atomic E-state index is 4.84. The van der Waals surface area contributed by atoms with Gasteiger partial charge in [0.25, 0.3) is 0 Å². The zero-order valence-electron chi connectivity index (χ0n) is 10.0. The Morgan fingerprint density at radius 2 is 2.00 bits per heavy atom. The molecule has 2 nitrogen and oxygen atoms in total. The number of amidine groups is 1. The molecule has 0 saturated heterocycles. The standard InChI is InChI=1S/C12H22N2S/c1-12(2,3)10-7-8-15-11(14-10)13-9-5-4-6-9/h9-10H,4-8H2,1-3H3,(H,13,14). The maximum absolute atomic E-state index is 4.84. The molecule has 1 N–H and O–H groups in total. The van der Waals surface area contributed by atoms with Crippen molar-refractivity contribution < 1.29 is 0 Å². The first kappa shape index (κ1) is 11.3. The first-order valence-electron chi connectivity index (χ1n) is 6.03. The topological polar surface area (TPSA) is 24.4 Å². The zero-order valence-corrected chi connectivity index (χ0v) is 10.9. The van der Waals surface area contributed by atoms with E-state index >= 15 is 0 Å². The lowest BCUT2D eigenvalue weighted by molar-refractivity contribution is 0.313. The van der Waals surface area contributed by atoms with Crippen LogP contribution in [0.3, 0.4) is 0 Å². The second kappa shape index (κ2) is 4.36. The normalized spacial score (nSPS) is 28.2. The van der Waals surface area contributed by atoms with Crippen molar-refractivity contribution in [2.45, 2.75) is 58.5 Å². The Balaban J connectivity index is 1.95. The average Bonchev–Trinajstić information content (AvgIpc) is 2.11. The van der Waals surface area contributed by atoms with E-state index in [0.717, 1.165) is 6.04 Å². The molecule has 0 amide bonds. The minimum Gasteiger partial charge on any atom is -0.362 e. The fourth-order valence-electron chi connectivity index (χ4n) is 1.94. The number of nitrogens with zero attached hydrogens (tertiary/aromatic N) is 1. The molecule has 0 bridgehead atoms. The van der Waals surface area contributed by atoms with Gasteiger partial charge in [0.15, 0.2) is 5.17 Å². The predicted octanol–water partition coefficient (Wildman–Crippen LogP) is 3.04. The smallest absolute Gasteiger partial charge is 0.157 e. The number of hydrogen-bond donors (Lipinski definition) is 1. The molecule has 0 aromatic rings. The largest absolute Gasteiger partial charge is 0.362 e. The van der Waals surface area contributed by atoms with Gasteiger partial charge in [-0.3, -0.25) is 4.99 Å². The third kappa shape index (κ3) is 2.90. The SMILES string of the molecule is CC(C)(C)C1CCSC(NC2CCC2)=N1. The number of rotatable bonds is 1. The van der Waals surface area contributed by atoms with Crippen LogP contribution < -0.4 is 5.32 Å². The maximum Gasteiger partial charge on any atom is 0.157 e. The monoisotopic (exact) mass is 226 g/mol. The molecule has 1 heterocycles. The van der Waals surface area contributed by atoms with Crippen LogP contribution in [0.4, 0.5) is 0 Å². The summed E-state index contributed by atoms with van der Waals surface area (Å²) in [6.45, 7) is 6.87. The molecule has 1 unspecified atom stereocenters. The van der Waals surface area contributed by atoms with Gasteiger partial charge in [0.1, 0.15) is 0 Å². The van der Waals surface area contributed by atoms with E-state index in [9.17, 15) is 0 Å². The van der Waals surface area contributed by atoms with Crippen molar-refractivity contribution in [3.8, 4) is 0 Å². The lowest BCUT2D eigenvalue weighted by Crippen LogP contribution is -2.41. The van der Waals surface area contributed by atoms with Gasteiger partial charge in [-0.05, 0) is 31.1 Å².